The van der Waals surface area contributed by atoms with E-state index in [0.717, 1.165) is 19.4 Å². The van der Waals surface area contributed by atoms with Crippen molar-refractivity contribution in [3.8, 4) is 0 Å². The summed E-state index contributed by atoms with van der Waals surface area (Å²) in [6.07, 6.45) is 3.41. The first-order valence-corrected chi connectivity index (χ1v) is 7.16. The van der Waals surface area contributed by atoms with Crippen LogP contribution in [0.4, 0.5) is 0 Å². The van der Waals surface area contributed by atoms with Crippen LogP contribution in [0.3, 0.4) is 0 Å². The molecule has 2 rings (SSSR count). The molecule has 4 atom stereocenters. The van der Waals surface area contributed by atoms with Gasteiger partial charge < -0.3 is 15.2 Å². The van der Waals surface area contributed by atoms with Gasteiger partial charge in [0.25, 0.3) is 0 Å². The average molecular weight is 269 g/mol. The molecule has 1 saturated carbocycles. The van der Waals surface area contributed by atoms with Crippen molar-refractivity contribution in [2.75, 3.05) is 19.8 Å². The highest BCUT2D eigenvalue weighted by Crippen LogP contribution is 2.36. The van der Waals surface area contributed by atoms with Crippen LogP contribution in [0, 0.1) is 23.7 Å². The molecule has 2 unspecified atom stereocenters. The molecule has 1 amide bonds. The van der Waals surface area contributed by atoms with Gasteiger partial charge in [-0.25, -0.2) is 0 Å². The Morgan fingerprint density at radius 3 is 2.68 bits per heavy atom. The number of carboxylic acids is 1. The normalized spacial score (nSPS) is 35.0. The van der Waals surface area contributed by atoms with E-state index in [1.165, 1.54) is 0 Å². The predicted molar refractivity (Wildman–Crippen MR) is 69.6 cm³/mol. The molecule has 108 valence electrons. The van der Waals surface area contributed by atoms with Crippen LogP contribution >= 0.6 is 0 Å². The molecule has 0 spiro atoms. The Bertz CT molecular complexity index is 338. The van der Waals surface area contributed by atoms with E-state index in [1.54, 1.807) is 0 Å². The third kappa shape index (κ3) is 3.69. The molecule has 19 heavy (non-hydrogen) atoms. The third-order valence-electron chi connectivity index (χ3n) is 4.27. The number of aliphatic carboxylic acids is 1. The summed E-state index contributed by atoms with van der Waals surface area (Å²) in [6, 6.07) is 0. The lowest BCUT2D eigenvalue weighted by atomic mass is 9.95. The first-order chi connectivity index (χ1) is 9.08. The Hall–Kier alpha value is -1.10. The van der Waals surface area contributed by atoms with E-state index < -0.39 is 11.9 Å². The number of carboxylic acid groups (broad SMARTS) is 1. The fourth-order valence-electron chi connectivity index (χ4n) is 3.20. The van der Waals surface area contributed by atoms with E-state index in [2.05, 4.69) is 5.32 Å². The molecule has 2 aliphatic rings. The second kappa shape index (κ2) is 6.37. The number of carbonyl (C=O) groups is 2. The lowest BCUT2D eigenvalue weighted by molar-refractivity contribution is -0.146. The van der Waals surface area contributed by atoms with Gasteiger partial charge in [-0.15, -0.1) is 0 Å². The van der Waals surface area contributed by atoms with Crippen molar-refractivity contribution >= 4 is 11.9 Å². The molecule has 5 heteroatoms. The zero-order chi connectivity index (χ0) is 13.8. The fourth-order valence-corrected chi connectivity index (χ4v) is 3.20. The summed E-state index contributed by atoms with van der Waals surface area (Å²) in [4.78, 5) is 23.3. The molecule has 2 N–H and O–H groups in total. The molecule has 0 radical (unpaired) electrons. The minimum absolute atomic E-state index is 0.0951. The number of nitrogens with one attached hydrogen (secondary N) is 1. The average Bonchev–Trinajstić information content (AvgIpc) is 2.79. The first-order valence-electron chi connectivity index (χ1n) is 7.16. The van der Waals surface area contributed by atoms with Gasteiger partial charge in [-0.1, -0.05) is 6.92 Å². The van der Waals surface area contributed by atoms with Gasteiger partial charge in [0.1, 0.15) is 0 Å². The zero-order valence-corrected chi connectivity index (χ0v) is 11.4. The van der Waals surface area contributed by atoms with Crippen LogP contribution in [-0.4, -0.2) is 36.7 Å². The zero-order valence-electron chi connectivity index (χ0n) is 11.4. The lowest BCUT2D eigenvalue weighted by Gasteiger charge is -2.23. The minimum atomic E-state index is -0.842. The van der Waals surface area contributed by atoms with Crippen LogP contribution in [0.5, 0.6) is 0 Å². The van der Waals surface area contributed by atoms with Gasteiger partial charge in [-0.2, -0.15) is 0 Å². The maximum absolute atomic E-state index is 12.1. The Kier molecular flexibility index (Phi) is 4.80. The highest BCUT2D eigenvalue weighted by molar-refractivity contribution is 5.85. The summed E-state index contributed by atoms with van der Waals surface area (Å²) in [6.45, 7) is 4.13. The van der Waals surface area contributed by atoms with Crippen molar-refractivity contribution in [3.05, 3.63) is 0 Å². The van der Waals surface area contributed by atoms with Crippen molar-refractivity contribution in [2.45, 2.75) is 32.6 Å². The van der Waals surface area contributed by atoms with Crippen LogP contribution in [0.15, 0.2) is 0 Å². The summed E-state index contributed by atoms with van der Waals surface area (Å²) >= 11 is 0. The topological polar surface area (TPSA) is 75.6 Å². The van der Waals surface area contributed by atoms with Crippen LogP contribution in [0.25, 0.3) is 0 Å². The highest BCUT2D eigenvalue weighted by atomic mass is 16.5. The molecule has 1 heterocycles. The van der Waals surface area contributed by atoms with E-state index in [9.17, 15) is 9.59 Å². The number of ether oxygens (including phenoxy) is 1. The van der Waals surface area contributed by atoms with Crippen LogP contribution in [0.2, 0.25) is 0 Å². The summed E-state index contributed by atoms with van der Waals surface area (Å²) in [5.41, 5.74) is 0. The van der Waals surface area contributed by atoms with E-state index in [4.69, 9.17) is 9.84 Å². The van der Waals surface area contributed by atoms with Crippen LogP contribution < -0.4 is 5.32 Å². The van der Waals surface area contributed by atoms with Crippen molar-refractivity contribution in [2.24, 2.45) is 23.7 Å². The second-order valence-corrected chi connectivity index (χ2v) is 5.96. The van der Waals surface area contributed by atoms with Gasteiger partial charge in [-0.3, -0.25) is 9.59 Å². The lowest BCUT2D eigenvalue weighted by Crippen LogP contribution is -2.39. The standard InChI is InChI=1S/C14H23NO4/c1-9-5-11(12(6-9)14(17)18)13(16)15-7-10-3-2-4-19-8-10/h9-12H,2-8H2,1H3,(H,15,16)(H,17,18)/t9?,10?,11-,12+/m0/s1. The molecule has 0 aromatic carbocycles. The SMILES string of the molecule is CC1C[C@H](C(=O)NCC2CCCOC2)[C@H](C(=O)O)C1. The van der Waals surface area contributed by atoms with E-state index in [1.807, 2.05) is 6.92 Å². The van der Waals surface area contributed by atoms with Crippen LogP contribution in [0.1, 0.15) is 32.6 Å². The molecular formula is C14H23NO4. The Morgan fingerprint density at radius 1 is 1.32 bits per heavy atom. The summed E-state index contributed by atoms with van der Waals surface area (Å²) in [5, 5.41) is 12.1. The fraction of sp³-hybridized carbons (Fsp3) is 0.857. The van der Waals surface area contributed by atoms with E-state index >= 15 is 0 Å². The molecule has 1 aliphatic carbocycles. The monoisotopic (exact) mass is 269 g/mol. The predicted octanol–water partition coefficient (Wildman–Crippen LogP) is 1.28. The molecule has 0 bridgehead atoms. The van der Waals surface area contributed by atoms with Gasteiger partial charge in [0.15, 0.2) is 0 Å². The largest absolute Gasteiger partial charge is 0.481 e. The smallest absolute Gasteiger partial charge is 0.307 e. The Balaban J connectivity index is 1.82. The third-order valence-corrected chi connectivity index (χ3v) is 4.27. The van der Waals surface area contributed by atoms with Gasteiger partial charge in [0.05, 0.1) is 18.4 Å². The number of hydrogen-bond donors (Lipinski definition) is 2. The second-order valence-electron chi connectivity index (χ2n) is 5.96. The molecule has 0 aromatic rings. The van der Waals surface area contributed by atoms with Crippen molar-refractivity contribution in [1.29, 1.82) is 0 Å². The number of carbonyl (C=O) groups excluding carboxylic acids is 1. The quantitative estimate of drug-likeness (QED) is 0.806. The summed E-state index contributed by atoms with van der Waals surface area (Å²) < 4.78 is 5.37. The number of amides is 1. The minimum Gasteiger partial charge on any atom is -0.481 e. The Labute approximate surface area is 113 Å². The maximum atomic E-state index is 12.1. The van der Waals surface area contributed by atoms with Gasteiger partial charge in [0.2, 0.25) is 5.91 Å². The van der Waals surface area contributed by atoms with Gasteiger partial charge >= 0.3 is 5.97 Å². The number of hydrogen-bond acceptors (Lipinski definition) is 3. The van der Waals surface area contributed by atoms with Crippen molar-refractivity contribution in [3.63, 3.8) is 0 Å². The Morgan fingerprint density at radius 2 is 2.05 bits per heavy atom. The van der Waals surface area contributed by atoms with E-state index in [0.29, 0.717) is 37.8 Å². The number of rotatable bonds is 4. The molecular weight excluding hydrogens is 246 g/mol. The van der Waals surface area contributed by atoms with Gasteiger partial charge in [-0.05, 0) is 37.5 Å². The molecule has 2 fully saturated rings. The van der Waals surface area contributed by atoms with Gasteiger partial charge in [0, 0.05) is 13.2 Å². The highest BCUT2D eigenvalue weighted by Gasteiger charge is 2.41. The molecule has 0 aromatic heterocycles. The van der Waals surface area contributed by atoms with E-state index in [-0.39, 0.29) is 11.8 Å². The van der Waals surface area contributed by atoms with Crippen LogP contribution in [-0.2, 0) is 14.3 Å². The first kappa shape index (κ1) is 14.3. The molecule has 5 nitrogen and oxygen atoms in total. The summed E-state index contributed by atoms with van der Waals surface area (Å²) in [7, 11) is 0. The van der Waals surface area contributed by atoms with Crippen molar-refractivity contribution < 1.29 is 19.4 Å². The summed E-state index contributed by atoms with van der Waals surface area (Å²) in [5.74, 6) is -1.13. The molecule has 1 aliphatic heterocycles. The van der Waals surface area contributed by atoms with Crippen molar-refractivity contribution in [1.82, 2.24) is 5.32 Å². The molecule has 1 saturated heterocycles. The maximum Gasteiger partial charge on any atom is 0.307 e.